The second kappa shape index (κ2) is 8.67. The summed E-state index contributed by atoms with van der Waals surface area (Å²) in [5.41, 5.74) is 2.49. The summed E-state index contributed by atoms with van der Waals surface area (Å²) >= 11 is 0. The van der Waals surface area contributed by atoms with Crippen LogP contribution in [0, 0.1) is 6.92 Å². The maximum atomic E-state index is 12.9. The molecule has 0 radical (unpaired) electrons. The Bertz CT molecular complexity index is 629. The number of carbonyl (C=O) groups is 2. The fourth-order valence-corrected chi connectivity index (χ4v) is 4.12. The predicted octanol–water partition coefficient (Wildman–Crippen LogP) is 2.30. The molecule has 26 heavy (non-hydrogen) atoms. The lowest BCUT2D eigenvalue weighted by Crippen LogP contribution is -2.57. The van der Waals surface area contributed by atoms with E-state index in [0.717, 1.165) is 38.9 Å². The van der Waals surface area contributed by atoms with Crippen molar-refractivity contribution in [2.75, 3.05) is 32.7 Å². The number of hydrogen-bond acceptors (Lipinski definition) is 3. The molecule has 0 bridgehead atoms. The molecular weight excluding hydrogens is 326 g/mol. The molecule has 1 aromatic rings. The Morgan fingerprint density at radius 1 is 1.27 bits per heavy atom. The van der Waals surface area contributed by atoms with Crippen molar-refractivity contribution in [1.82, 2.24) is 15.1 Å². The summed E-state index contributed by atoms with van der Waals surface area (Å²) < 4.78 is 0. The number of rotatable bonds is 5. The van der Waals surface area contributed by atoms with Crippen LogP contribution < -0.4 is 5.32 Å². The Kier molecular flexibility index (Phi) is 6.30. The molecule has 0 saturated carbocycles. The summed E-state index contributed by atoms with van der Waals surface area (Å²) in [4.78, 5) is 29.1. The van der Waals surface area contributed by atoms with Gasteiger partial charge in [0.15, 0.2) is 0 Å². The van der Waals surface area contributed by atoms with E-state index < -0.39 is 0 Å². The van der Waals surface area contributed by atoms with Crippen molar-refractivity contribution < 1.29 is 9.59 Å². The molecule has 5 heteroatoms. The van der Waals surface area contributed by atoms with Crippen LogP contribution in [0.2, 0.25) is 0 Å². The molecule has 2 aliphatic rings. The number of piperidine rings is 1. The molecule has 0 aromatic heterocycles. The Labute approximate surface area is 156 Å². The van der Waals surface area contributed by atoms with Gasteiger partial charge in [-0.25, -0.2) is 0 Å². The summed E-state index contributed by atoms with van der Waals surface area (Å²) in [6.45, 7) is 7.77. The number of piperazine rings is 1. The molecule has 2 amide bonds. The lowest BCUT2D eigenvalue weighted by Gasteiger charge is -2.41. The number of aryl methyl sites for hydroxylation is 1. The van der Waals surface area contributed by atoms with Crippen LogP contribution in [0.25, 0.3) is 0 Å². The third kappa shape index (κ3) is 4.44. The van der Waals surface area contributed by atoms with E-state index in [0.29, 0.717) is 19.5 Å². The van der Waals surface area contributed by atoms with Crippen molar-refractivity contribution in [3.05, 3.63) is 35.4 Å². The van der Waals surface area contributed by atoms with E-state index in [1.807, 2.05) is 9.80 Å². The van der Waals surface area contributed by atoms with Gasteiger partial charge in [-0.2, -0.15) is 0 Å². The topological polar surface area (TPSA) is 52.7 Å². The number of benzene rings is 1. The first-order chi connectivity index (χ1) is 12.6. The summed E-state index contributed by atoms with van der Waals surface area (Å²) in [7, 11) is 0. The predicted molar refractivity (Wildman–Crippen MR) is 103 cm³/mol. The molecule has 2 saturated heterocycles. The van der Waals surface area contributed by atoms with Crippen molar-refractivity contribution in [1.29, 1.82) is 0 Å². The second-order valence-electron chi connectivity index (χ2n) is 7.62. The molecule has 142 valence electrons. The first kappa shape index (κ1) is 18.9. The lowest BCUT2D eigenvalue weighted by atomic mass is 9.91. The van der Waals surface area contributed by atoms with Gasteiger partial charge in [-0.3, -0.25) is 9.59 Å². The maximum Gasteiger partial charge on any atom is 0.236 e. The molecule has 5 nitrogen and oxygen atoms in total. The normalized spacial score (nSPS) is 22.4. The van der Waals surface area contributed by atoms with Crippen LogP contribution >= 0.6 is 0 Å². The van der Waals surface area contributed by atoms with Crippen molar-refractivity contribution in [2.45, 2.75) is 51.5 Å². The van der Waals surface area contributed by atoms with E-state index in [4.69, 9.17) is 0 Å². The summed E-state index contributed by atoms with van der Waals surface area (Å²) in [6.07, 6.45) is 3.50. The van der Waals surface area contributed by atoms with E-state index in [9.17, 15) is 9.59 Å². The Morgan fingerprint density at radius 3 is 2.73 bits per heavy atom. The van der Waals surface area contributed by atoms with E-state index in [1.165, 1.54) is 11.1 Å². The highest BCUT2D eigenvalue weighted by molar-refractivity contribution is 5.80. The molecule has 3 rings (SSSR count). The summed E-state index contributed by atoms with van der Waals surface area (Å²) in [5, 5.41) is 3.12. The zero-order valence-corrected chi connectivity index (χ0v) is 16.0. The molecule has 0 spiro atoms. The van der Waals surface area contributed by atoms with E-state index in [2.05, 4.69) is 43.4 Å². The van der Waals surface area contributed by atoms with Crippen molar-refractivity contribution in [3.8, 4) is 0 Å². The number of likely N-dealkylation sites (tertiary alicyclic amines) is 1. The van der Waals surface area contributed by atoms with Crippen LogP contribution in [0.1, 0.15) is 49.7 Å². The fraction of sp³-hybridized carbons (Fsp3) is 0.619. The third-order valence-electron chi connectivity index (χ3n) is 5.78. The minimum absolute atomic E-state index is 0.168. The van der Waals surface area contributed by atoms with Gasteiger partial charge >= 0.3 is 0 Å². The van der Waals surface area contributed by atoms with Gasteiger partial charge in [-0.1, -0.05) is 36.8 Å². The van der Waals surface area contributed by atoms with Gasteiger partial charge in [0.1, 0.15) is 0 Å². The van der Waals surface area contributed by atoms with Crippen LogP contribution in [0.5, 0.6) is 0 Å². The van der Waals surface area contributed by atoms with Gasteiger partial charge in [-0.05, 0) is 37.7 Å². The Morgan fingerprint density at radius 2 is 2.04 bits per heavy atom. The average molecular weight is 357 g/mol. The van der Waals surface area contributed by atoms with Crippen molar-refractivity contribution >= 4 is 11.8 Å². The Hall–Kier alpha value is -1.88. The van der Waals surface area contributed by atoms with Gasteiger partial charge < -0.3 is 15.1 Å². The van der Waals surface area contributed by atoms with Crippen molar-refractivity contribution in [3.63, 3.8) is 0 Å². The highest BCUT2D eigenvalue weighted by Gasteiger charge is 2.32. The van der Waals surface area contributed by atoms with Crippen LogP contribution in [-0.2, 0) is 9.59 Å². The minimum atomic E-state index is 0.168. The van der Waals surface area contributed by atoms with E-state index in [1.54, 1.807) is 0 Å². The van der Waals surface area contributed by atoms with Gasteiger partial charge in [0.2, 0.25) is 11.8 Å². The largest absolute Gasteiger partial charge is 0.341 e. The standard InChI is InChI=1S/C21H31N3O2/c1-3-17(18-8-6-16(2)7-9-18)13-20(25)23-11-4-5-19(15-23)24-12-10-22-14-21(24)26/h6-9,17,19,22H,3-5,10-15H2,1-2H3. The summed E-state index contributed by atoms with van der Waals surface area (Å²) in [6, 6.07) is 8.72. The zero-order chi connectivity index (χ0) is 18.5. The number of nitrogens with zero attached hydrogens (tertiary/aromatic N) is 2. The quantitative estimate of drug-likeness (QED) is 0.880. The maximum absolute atomic E-state index is 12.9. The van der Waals surface area contributed by atoms with E-state index in [-0.39, 0.29) is 23.8 Å². The highest BCUT2D eigenvalue weighted by Crippen LogP contribution is 2.26. The summed E-state index contributed by atoms with van der Waals surface area (Å²) in [5.74, 6) is 0.663. The number of amides is 2. The van der Waals surface area contributed by atoms with Gasteiger partial charge in [0.25, 0.3) is 0 Å². The first-order valence-corrected chi connectivity index (χ1v) is 9.93. The van der Waals surface area contributed by atoms with Crippen LogP contribution in [0.3, 0.4) is 0 Å². The van der Waals surface area contributed by atoms with Crippen LogP contribution in [0.15, 0.2) is 24.3 Å². The molecule has 2 heterocycles. The van der Waals surface area contributed by atoms with Crippen LogP contribution in [-0.4, -0.2) is 60.4 Å². The molecule has 1 N–H and O–H groups in total. The number of nitrogens with one attached hydrogen (secondary N) is 1. The number of carbonyl (C=O) groups excluding carboxylic acids is 2. The molecule has 2 aliphatic heterocycles. The molecule has 2 atom stereocenters. The molecule has 0 aliphatic carbocycles. The van der Waals surface area contributed by atoms with Crippen molar-refractivity contribution in [2.24, 2.45) is 0 Å². The minimum Gasteiger partial charge on any atom is -0.341 e. The molecule has 1 aromatic carbocycles. The first-order valence-electron chi connectivity index (χ1n) is 9.93. The van der Waals surface area contributed by atoms with Gasteiger partial charge in [-0.15, -0.1) is 0 Å². The molecular formula is C21H31N3O2. The SMILES string of the molecule is CCC(CC(=O)N1CCCC(N2CCNCC2=O)C1)c1ccc(C)cc1. The molecule has 2 unspecified atom stereocenters. The van der Waals surface area contributed by atoms with E-state index >= 15 is 0 Å². The van der Waals surface area contributed by atoms with Gasteiger partial charge in [0.05, 0.1) is 6.54 Å². The van der Waals surface area contributed by atoms with Gasteiger partial charge in [0, 0.05) is 38.6 Å². The second-order valence-corrected chi connectivity index (χ2v) is 7.62. The molecule has 2 fully saturated rings. The fourth-order valence-electron chi connectivity index (χ4n) is 4.12. The third-order valence-corrected chi connectivity index (χ3v) is 5.78. The Balaban J connectivity index is 1.61. The zero-order valence-electron chi connectivity index (χ0n) is 16.0. The highest BCUT2D eigenvalue weighted by atomic mass is 16.2. The van der Waals surface area contributed by atoms with Crippen LogP contribution in [0.4, 0.5) is 0 Å². The lowest BCUT2D eigenvalue weighted by molar-refractivity contribution is -0.140. The average Bonchev–Trinajstić information content (AvgIpc) is 2.67. The monoisotopic (exact) mass is 357 g/mol. The smallest absolute Gasteiger partial charge is 0.236 e. The number of hydrogen-bond donors (Lipinski definition) is 1.